The minimum Gasteiger partial charge on any atom is -0.444 e. The van der Waals surface area contributed by atoms with Crippen molar-refractivity contribution in [2.45, 2.75) is 70.8 Å². The van der Waals surface area contributed by atoms with E-state index in [1.54, 1.807) is 32.0 Å². The van der Waals surface area contributed by atoms with Crippen molar-refractivity contribution in [1.29, 1.82) is 5.26 Å². The molecule has 2 rings (SSSR count). The lowest BCUT2D eigenvalue weighted by Crippen LogP contribution is -2.51. The summed E-state index contributed by atoms with van der Waals surface area (Å²) in [7, 11) is 0. The molecule has 6 heteroatoms. The van der Waals surface area contributed by atoms with Crippen LogP contribution < -0.4 is 0 Å². The van der Waals surface area contributed by atoms with E-state index in [-0.39, 0.29) is 18.1 Å². The van der Waals surface area contributed by atoms with Crippen LogP contribution in [-0.2, 0) is 14.3 Å². The summed E-state index contributed by atoms with van der Waals surface area (Å²) in [5, 5.41) is 9.28. The third-order valence-corrected chi connectivity index (χ3v) is 5.31. The Balaban J connectivity index is 2.24. The minimum atomic E-state index is -2.00. The van der Waals surface area contributed by atoms with Crippen LogP contribution in [0.3, 0.4) is 0 Å². The molecule has 0 saturated heterocycles. The molecule has 1 aromatic carbocycles. The van der Waals surface area contributed by atoms with E-state index in [0.717, 1.165) is 25.7 Å². The quantitative estimate of drug-likeness (QED) is 0.322. The van der Waals surface area contributed by atoms with E-state index in [9.17, 15) is 14.4 Å². The maximum Gasteiger partial charge on any atom is 0.347 e. The summed E-state index contributed by atoms with van der Waals surface area (Å²) >= 11 is 0. The van der Waals surface area contributed by atoms with Gasteiger partial charge in [-0.2, -0.15) is 5.26 Å². The Hall–Kier alpha value is -2.52. The first kappa shape index (κ1) is 24.7. The number of carbonyl (C=O) groups excluding carboxylic acids is 1. The average Bonchev–Trinajstić information content (AvgIpc) is 2.75. The van der Waals surface area contributed by atoms with Gasteiger partial charge in [-0.25, -0.2) is 13.6 Å². The lowest BCUT2D eigenvalue weighted by atomic mass is 9.87. The molecule has 0 aliphatic heterocycles. The molecule has 1 aromatic rings. The van der Waals surface area contributed by atoms with Gasteiger partial charge in [0.2, 0.25) is 5.60 Å². The molecule has 0 aromatic heterocycles. The lowest BCUT2D eigenvalue weighted by molar-refractivity contribution is -0.176. The van der Waals surface area contributed by atoms with Crippen molar-refractivity contribution in [3.8, 4) is 6.07 Å². The van der Waals surface area contributed by atoms with E-state index in [4.69, 9.17) is 9.47 Å². The number of halogens is 2. The Kier molecular flexibility index (Phi) is 9.39. The summed E-state index contributed by atoms with van der Waals surface area (Å²) in [6, 6.07) is 7.97. The van der Waals surface area contributed by atoms with Crippen LogP contribution in [0.5, 0.6) is 0 Å². The average molecular weight is 432 g/mol. The molecule has 0 saturated carbocycles. The van der Waals surface area contributed by atoms with Crippen LogP contribution in [0.25, 0.3) is 5.57 Å². The van der Waals surface area contributed by atoms with Crippen molar-refractivity contribution in [3.63, 3.8) is 0 Å². The van der Waals surface area contributed by atoms with Crippen molar-refractivity contribution < 1.29 is 23.0 Å². The number of nitriles is 1. The number of unbranched alkanes of at least 4 members (excludes halogenated alkanes) is 4. The van der Waals surface area contributed by atoms with Crippen molar-refractivity contribution in [2.75, 3.05) is 6.61 Å². The molecule has 168 valence electrons. The summed E-state index contributed by atoms with van der Waals surface area (Å²) in [6.07, 6.45) is 5.85. The Labute approximate surface area is 183 Å². The standard InChI is InChI=1S/C25H31F2NO3/c1-4-5-6-7-10-15-30-25(24(29)31-22(17-28)18(2)3)14-13-19(16-23(25)27)20-11-8-9-12-21(20)26/h8-9,11-14,16,18,22-23H,4-7,10,15H2,1-3H3. The number of rotatable bonds is 11. The fraction of sp³-hybridized carbons (Fsp3) is 0.520. The van der Waals surface area contributed by atoms with Crippen LogP contribution in [0.4, 0.5) is 8.78 Å². The van der Waals surface area contributed by atoms with Gasteiger partial charge in [-0.1, -0.05) is 70.7 Å². The SMILES string of the molecule is CCCCCCCOC1(C(=O)OC(C#N)C(C)C)C=CC(c2ccccc2F)=CC1F. The number of allylic oxidation sites excluding steroid dienone is 2. The van der Waals surface area contributed by atoms with Crippen molar-refractivity contribution in [2.24, 2.45) is 5.92 Å². The van der Waals surface area contributed by atoms with Gasteiger partial charge in [0.15, 0.2) is 12.3 Å². The zero-order valence-corrected chi connectivity index (χ0v) is 18.4. The van der Waals surface area contributed by atoms with Crippen molar-refractivity contribution in [1.82, 2.24) is 0 Å². The molecule has 3 unspecified atom stereocenters. The Morgan fingerprint density at radius 3 is 2.55 bits per heavy atom. The largest absolute Gasteiger partial charge is 0.444 e. The van der Waals surface area contributed by atoms with Gasteiger partial charge in [0, 0.05) is 18.1 Å². The van der Waals surface area contributed by atoms with Gasteiger partial charge in [-0.05, 0) is 30.2 Å². The lowest BCUT2D eigenvalue weighted by Gasteiger charge is -2.34. The Morgan fingerprint density at radius 1 is 1.23 bits per heavy atom. The predicted octanol–water partition coefficient (Wildman–Crippen LogP) is 5.93. The smallest absolute Gasteiger partial charge is 0.347 e. The molecule has 0 amide bonds. The summed E-state index contributed by atoms with van der Waals surface area (Å²) in [6.45, 7) is 5.76. The normalized spacial score (nSPS) is 21.5. The number of hydrogen-bond donors (Lipinski definition) is 0. The van der Waals surface area contributed by atoms with E-state index >= 15 is 4.39 Å². The molecule has 31 heavy (non-hydrogen) atoms. The summed E-state index contributed by atoms with van der Waals surface area (Å²) in [5.41, 5.74) is -1.44. The van der Waals surface area contributed by atoms with Gasteiger partial charge in [0.05, 0.1) is 0 Å². The van der Waals surface area contributed by atoms with E-state index in [2.05, 4.69) is 6.92 Å². The zero-order valence-electron chi connectivity index (χ0n) is 18.4. The van der Waals surface area contributed by atoms with E-state index in [1.165, 1.54) is 24.3 Å². The molecule has 3 atom stereocenters. The van der Waals surface area contributed by atoms with E-state index in [0.29, 0.717) is 12.0 Å². The Morgan fingerprint density at radius 2 is 1.94 bits per heavy atom. The number of esters is 1. The van der Waals surface area contributed by atoms with Gasteiger partial charge < -0.3 is 9.47 Å². The van der Waals surface area contributed by atoms with Gasteiger partial charge in [0.25, 0.3) is 0 Å². The Bertz CT molecular complexity index is 843. The zero-order chi connectivity index (χ0) is 22.9. The highest BCUT2D eigenvalue weighted by Gasteiger charge is 2.49. The number of hydrogen-bond acceptors (Lipinski definition) is 4. The van der Waals surface area contributed by atoms with Gasteiger partial charge in [-0.3, -0.25) is 0 Å². The molecule has 1 aliphatic rings. The molecule has 1 aliphatic carbocycles. The number of nitrogens with zero attached hydrogens (tertiary/aromatic N) is 1. The maximum atomic E-state index is 15.4. The van der Waals surface area contributed by atoms with E-state index < -0.39 is 29.7 Å². The van der Waals surface area contributed by atoms with Gasteiger partial charge in [0.1, 0.15) is 11.9 Å². The van der Waals surface area contributed by atoms with Crippen molar-refractivity contribution in [3.05, 3.63) is 53.9 Å². The topological polar surface area (TPSA) is 59.3 Å². The highest BCUT2D eigenvalue weighted by molar-refractivity contribution is 5.88. The van der Waals surface area contributed by atoms with Gasteiger partial charge >= 0.3 is 5.97 Å². The van der Waals surface area contributed by atoms with Crippen LogP contribution >= 0.6 is 0 Å². The molecule has 0 bridgehead atoms. The second-order valence-corrected chi connectivity index (χ2v) is 8.09. The number of carbonyl (C=O) groups is 1. The second-order valence-electron chi connectivity index (χ2n) is 8.09. The minimum absolute atomic E-state index is 0.172. The van der Waals surface area contributed by atoms with Gasteiger partial charge in [-0.15, -0.1) is 0 Å². The van der Waals surface area contributed by atoms with E-state index in [1.807, 2.05) is 6.07 Å². The molecule has 0 fully saturated rings. The molecule has 0 heterocycles. The fourth-order valence-electron chi connectivity index (χ4n) is 3.35. The molecule has 0 radical (unpaired) electrons. The summed E-state index contributed by atoms with van der Waals surface area (Å²) in [5.74, 6) is -1.69. The van der Waals surface area contributed by atoms with Crippen molar-refractivity contribution >= 4 is 11.5 Å². The first-order valence-corrected chi connectivity index (χ1v) is 10.9. The molecule has 0 spiro atoms. The van der Waals surface area contributed by atoms with Crippen LogP contribution in [0.2, 0.25) is 0 Å². The van der Waals surface area contributed by atoms with Crippen LogP contribution in [0.1, 0.15) is 58.4 Å². The molecular formula is C25H31F2NO3. The summed E-state index contributed by atoms with van der Waals surface area (Å²) < 4.78 is 40.7. The third-order valence-electron chi connectivity index (χ3n) is 5.31. The second kappa shape index (κ2) is 11.8. The number of alkyl halides is 1. The maximum absolute atomic E-state index is 15.4. The highest BCUT2D eigenvalue weighted by atomic mass is 19.1. The summed E-state index contributed by atoms with van der Waals surface area (Å²) in [4.78, 5) is 13.0. The molecular weight excluding hydrogens is 400 g/mol. The number of benzene rings is 1. The van der Waals surface area contributed by atoms with Crippen LogP contribution in [0.15, 0.2) is 42.5 Å². The first-order chi connectivity index (χ1) is 14.9. The van der Waals surface area contributed by atoms with Crippen LogP contribution in [0, 0.1) is 23.1 Å². The molecule has 0 N–H and O–H groups in total. The monoisotopic (exact) mass is 431 g/mol. The fourth-order valence-corrected chi connectivity index (χ4v) is 3.35. The van der Waals surface area contributed by atoms with Crippen LogP contribution in [-0.4, -0.2) is 30.5 Å². The predicted molar refractivity (Wildman–Crippen MR) is 116 cm³/mol. The highest BCUT2D eigenvalue weighted by Crippen LogP contribution is 2.34. The first-order valence-electron chi connectivity index (χ1n) is 10.9. The number of ether oxygens (including phenoxy) is 2. The third kappa shape index (κ3) is 6.24. The molecule has 4 nitrogen and oxygen atoms in total.